The van der Waals surface area contributed by atoms with Gasteiger partial charge in [0.15, 0.2) is 0 Å². The third kappa shape index (κ3) is 1.77. The third-order valence-electron chi connectivity index (χ3n) is 2.85. The number of hydrogen-bond donors (Lipinski definition) is 0. The quantitative estimate of drug-likeness (QED) is 0.495. The molecule has 74 valence electrons. The Morgan fingerprint density at radius 1 is 1.54 bits per heavy atom. The number of esters is 1. The Bertz CT molecular complexity index is 228. The number of ether oxygens (including phenoxy) is 1. The van der Waals surface area contributed by atoms with Gasteiger partial charge in [-0.1, -0.05) is 26.0 Å². The molecule has 0 aliphatic heterocycles. The molecule has 13 heavy (non-hydrogen) atoms. The van der Waals surface area contributed by atoms with Gasteiger partial charge in [-0.2, -0.15) is 0 Å². The van der Waals surface area contributed by atoms with Crippen molar-refractivity contribution < 1.29 is 9.53 Å². The lowest BCUT2D eigenvalue weighted by Crippen LogP contribution is -2.10. The standard InChI is InChI=1S/C11H18O2/c1-5-7-8-9(11(8,3)4)10(12)13-6-2/h5,7-9H,6H2,1-4H3/b7-5-. The van der Waals surface area contributed by atoms with Crippen LogP contribution >= 0.6 is 0 Å². The fourth-order valence-electron chi connectivity index (χ4n) is 1.93. The van der Waals surface area contributed by atoms with Gasteiger partial charge in [0.05, 0.1) is 12.5 Å². The molecule has 1 aliphatic carbocycles. The second-order valence-corrected chi connectivity index (χ2v) is 4.10. The number of carbonyl (C=O) groups is 1. The van der Waals surface area contributed by atoms with Crippen molar-refractivity contribution in [3.8, 4) is 0 Å². The molecule has 2 atom stereocenters. The summed E-state index contributed by atoms with van der Waals surface area (Å²) >= 11 is 0. The van der Waals surface area contributed by atoms with Crippen LogP contribution in [0.2, 0.25) is 0 Å². The van der Waals surface area contributed by atoms with Crippen molar-refractivity contribution in [2.45, 2.75) is 27.7 Å². The number of rotatable bonds is 3. The normalized spacial score (nSPS) is 30.5. The Morgan fingerprint density at radius 3 is 2.62 bits per heavy atom. The summed E-state index contributed by atoms with van der Waals surface area (Å²) in [7, 11) is 0. The lowest BCUT2D eigenvalue weighted by Gasteiger charge is -2.01. The summed E-state index contributed by atoms with van der Waals surface area (Å²) in [5, 5.41) is 0. The highest BCUT2D eigenvalue weighted by Crippen LogP contribution is 2.59. The van der Waals surface area contributed by atoms with E-state index >= 15 is 0 Å². The highest BCUT2D eigenvalue weighted by Gasteiger charge is 2.61. The van der Waals surface area contributed by atoms with E-state index in [0.717, 1.165) is 0 Å². The molecule has 0 radical (unpaired) electrons. The van der Waals surface area contributed by atoms with Crippen molar-refractivity contribution in [1.29, 1.82) is 0 Å². The Kier molecular flexibility index (Phi) is 2.79. The molecule has 2 heteroatoms. The van der Waals surface area contributed by atoms with Gasteiger partial charge in [-0.3, -0.25) is 4.79 Å². The van der Waals surface area contributed by atoms with E-state index in [-0.39, 0.29) is 17.3 Å². The van der Waals surface area contributed by atoms with E-state index < -0.39 is 0 Å². The summed E-state index contributed by atoms with van der Waals surface area (Å²) in [5.41, 5.74) is 0.0960. The smallest absolute Gasteiger partial charge is 0.310 e. The molecule has 0 aromatic carbocycles. The van der Waals surface area contributed by atoms with Gasteiger partial charge in [0, 0.05) is 0 Å². The topological polar surface area (TPSA) is 26.3 Å². The van der Waals surface area contributed by atoms with Crippen molar-refractivity contribution in [3.05, 3.63) is 12.2 Å². The Balaban J connectivity index is 2.59. The van der Waals surface area contributed by atoms with Crippen molar-refractivity contribution in [2.75, 3.05) is 6.61 Å². The Morgan fingerprint density at radius 2 is 2.15 bits per heavy atom. The summed E-state index contributed by atoms with van der Waals surface area (Å²) in [4.78, 5) is 11.5. The van der Waals surface area contributed by atoms with E-state index in [0.29, 0.717) is 12.5 Å². The van der Waals surface area contributed by atoms with Gasteiger partial charge in [-0.15, -0.1) is 0 Å². The predicted molar refractivity (Wildman–Crippen MR) is 52.2 cm³/mol. The zero-order valence-corrected chi connectivity index (χ0v) is 8.83. The summed E-state index contributed by atoms with van der Waals surface area (Å²) < 4.78 is 5.01. The minimum atomic E-state index is -0.0457. The molecule has 1 rings (SSSR count). The van der Waals surface area contributed by atoms with Crippen LogP contribution < -0.4 is 0 Å². The molecule has 2 unspecified atom stereocenters. The van der Waals surface area contributed by atoms with Crippen molar-refractivity contribution in [2.24, 2.45) is 17.3 Å². The average molecular weight is 182 g/mol. The van der Waals surface area contributed by atoms with Crippen LogP contribution in [0, 0.1) is 17.3 Å². The lowest BCUT2D eigenvalue weighted by molar-refractivity contribution is -0.145. The number of hydrogen-bond acceptors (Lipinski definition) is 2. The molecule has 0 aromatic heterocycles. The predicted octanol–water partition coefficient (Wildman–Crippen LogP) is 2.40. The van der Waals surface area contributed by atoms with Gasteiger partial charge in [-0.05, 0) is 25.2 Å². The first kappa shape index (κ1) is 10.3. The first-order valence-corrected chi connectivity index (χ1v) is 4.85. The molecule has 0 aromatic rings. The van der Waals surface area contributed by atoms with Crippen molar-refractivity contribution in [1.82, 2.24) is 0 Å². The first-order valence-electron chi connectivity index (χ1n) is 4.85. The monoisotopic (exact) mass is 182 g/mol. The van der Waals surface area contributed by atoms with E-state index in [9.17, 15) is 4.79 Å². The largest absolute Gasteiger partial charge is 0.466 e. The minimum Gasteiger partial charge on any atom is -0.466 e. The van der Waals surface area contributed by atoms with E-state index in [1.807, 2.05) is 19.9 Å². The average Bonchev–Trinajstić information content (AvgIpc) is 2.55. The second kappa shape index (κ2) is 3.52. The van der Waals surface area contributed by atoms with Crippen LogP contribution in [-0.2, 0) is 9.53 Å². The summed E-state index contributed by atoms with van der Waals surface area (Å²) in [6.45, 7) is 8.53. The minimum absolute atomic E-state index is 0.0457. The molecule has 2 nitrogen and oxygen atoms in total. The fourth-order valence-corrected chi connectivity index (χ4v) is 1.93. The molecule has 0 bridgehead atoms. The summed E-state index contributed by atoms with van der Waals surface area (Å²) in [5.74, 6) is 0.399. The molecule has 1 fully saturated rings. The van der Waals surface area contributed by atoms with E-state index in [2.05, 4.69) is 19.9 Å². The van der Waals surface area contributed by atoms with Gasteiger partial charge >= 0.3 is 5.97 Å². The number of carbonyl (C=O) groups excluding carboxylic acids is 1. The van der Waals surface area contributed by atoms with Crippen LogP contribution in [0.5, 0.6) is 0 Å². The lowest BCUT2D eigenvalue weighted by atomic mass is 10.1. The molecule has 0 amide bonds. The fraction of sp³-hybridized carbons (Fsp3) is 0.727. The Labute approximate surface area is 80.0 Å². The molecule has 0 heterocycles. The summed E-state index contributed by atoms with van der Waals surface area (Å²) in [6.07, 6.45) is 4.10. The zero-order chi connectivity index (χ0) is 10.1. The van der Waals surface area contributed by atoms with Crippen LogP contribution in [0.3, 0.4) is 0 Å². The summed E-state index contributed by atoms with van der Waals surface area (Å²) in [6, 6.07) is 0. The van der Waals surface area contributed by atoms with Crippen LogP contribution in [0.25, 0.3) is 0 Å². The van der Waals surface area contributed by atoms with Crippen molar-refractivity contribution in [3.63, 3.8) is 0 Å². The molecular weight excluding hydrogens is 164 g/mol. The van der Waals surface area contributed by atoms with Gasteiger partial charge < -0.3 is 4.74 Å². The van der Waals surface area contributed by atoms with Crippen LogP contribution in [-0.4, -0.2) is 12.6 Å². The van der Waals surface area contributed by atoms with Gasteiger partial charge in [0.2, 0.25) is 0 Å². The molecule has 0 N–H and O–H groups in total. The molecule has 1 aliphatic rings. The van der Waals surface area contributed by atoms with Gasteiger partial charge in [0.25, 0.3) is 0 Å². The van der Waals surface area contributed by atoms with Gasteiger partial charge in [-0.25, -0.2) is 0 Å². The first-order chi connectivity index (χ1) is 6.05. The highest BCUT2D eigenvalue weighted by atomic mass is 16.5. The molecule has 0 saturated heterocycles. The third-order valence-corrected chi connectivity index (χ3v) is 2.85. The zero-order valence-electron chi connectivity index (χ0n) is 8.83. The van der Waals surface area contributed by atoms with Crippen molar-refractivity contribution >= 4 is 5.97 Å². The second-order valence-electron chi connectivity index (χ2n) is 4.10. The maximum Gasteiger partial charge on any atom is 0.310 e. The van der Waals surface area contributed by atoms with Crippen LogP contribution in [0.15, 0.2) is 12.2 Å². The Hall–Kier alpha value is -0.790. The molecule has 1 saturated carbocycles. The van der Waals surface area contributed by atoms with E-state index in [1.54, 1.807) is 0 Å². The molecular formula is C11H18O2. The highest BCUT2D eigenvalue weighted by molar-refractivity contribution is 5.78. The SMILES string of the molecule is C/C=C\C1C(C(=O)OCC)C1(C)C. The van der Waals surface area contributed by atoms with Crippen LogP contribution in [0.1, 0.15) is 27.7 Å². The van der Waals surface area contributed by atoms with E-state index in [4.69, 9.17) is 4.74 Å². The maximum atomic E-state index is 11.5. The molecule has 0 spiro atoms. The number of allylic oxidation sites excluding steroid dienone is 2. The van der Waals surface area contributed by atoms with E-state index in [1.165, 1.54) is 0 Å². The van der Waals surface area contributed by atoms with Gasteiger partial charge in [0.1, 0.15) is 0 Å². The maximum absolute atomic E-state index is 11.5. The van der Waals surface area contributed by atoms with Crippen LogP contribution in [0.4, 0.5) is 0 Å².